The summed E-state index contributed by atoms with van der Waals surface area (Å²) in [5, 5.41) is 5.91. The smallest absolute Gasteiger partial charge is 0.405 e. The minimum atomic E-state index is -4.75. The molecule has 0 bridgehead atoms. The van der Waals surface area contributed by atoms with Crippen LogP contribution >= 0.6 is 24.0 Å². The molecule has 0 fully saturated rings. The van der Waals surface area contributed by atoms with E-state index < -0.39 is 17.2 Å². The predicted molar refractivity (Wildman–Crippen MR) is 114 cm³/mol. The number of guanidine groups is 1. The minimum absolute atomic E-state index is 0. The van der Waals surface area contributed by atoms with Gasteiger partial charge in [0, 0.05) is 36.3 Å². The van der Waals surface area contributed by atoms with E-state index >= 15 is 0 Å². The molecule has 28 heavy (non-hydrogen) atoms. The fourth-order valence-electron chi connectivity index (χ4n) is 2.23. The molecule has 0 heterocycles. The van der Waals surface area contributed by atoms with E-state index in [1.54, 1.807) is 25.2 Å². The third kappa shape index (κ3) is 8.46. The van der Waals surface area contributed by atoms with Crippen LogP contribution in [-0.2, 0) is 17.3 Å². The van der Waals surface area contributed by atoms with E-state index in [1.165, 1.54) is 18.2 Å². The quantitative estimate of drug-likeness (QED) is 0.328. The van der Waals surface area contributed by atoms with Crippen molar-refractivity contribution in [2.24, 2.45) is 4.99 Å². The molecule has 0 aliphatic heterocycles. The van der Waals surface area contributed by atoms with E-state index in [4.69, 9.17) is 0 Å². The summed E-state index contributed by atoms with van der Waals surface area (Å²) in [4.78, 5) is 4.75. The Morgan fingerprint density at radius 2 is 1.71 bits per heavy atom. The van der Waals surface area contributed by atoms with Gasteiger partial charge < -0.3 is 15.4 Å². The van der Waals surface area contributed by atoms with Crippen molar-refractivity contribution in [1.82, 2.24) is 10.6 Å². The zero-order valence-corrected chi connectivity index (χ0v) is 18.2. The van der Waals surface area contributed by atoms with Gasteiger partial charge >= 0.3 is 6.36 Å². The Balaban J connectivity index is 0.00000392. The molecule has 0 spiro atoms. The second kappa shape index (κ2) is 11.9. The number of alkyl halides is 3. The number of nitrogens with zero attached hydrogens (tertiary/aromatic N) is 1. The first-order valence-corrected chi connectivity index (χ1v) is 9.42. The van der Waals surface area contributed by atoms with Crippen molar-refractivity contribution in [3.05, 3.63) is 60.2 Å². The molecule has 0 aliphatic rings. The Morgan fingerprint density at radius 1 is 1.07 bits per heavy atom. The van der Waals surface area contributed by atoms with Gasteiger partial charge in [-0.2, -0.15) is 0 Å². The average molecular weight is 527 g/mol. The highest BCUT2D eigenvalue weighted by Crippen LogP contribution is 2.25. The number of benzene rings is 2. The van der Waals surface area contributed by atoms with Gasteiger partial charge in [-0.15, -0.1) is 37.1 Å². The Kier molecular flexibility index (Phi) is 10.3. The Bertz CT molecular complexity index is 789. The van der Waals surface area contributed by atoms with E-state index in [9.17, 15) is 17.4 Å². The molecule has 1 atom stereocenters. The highest BCUT2D eigenvalue weighted by atomic mass is 127. The number of aliphatic imine (C=N–C) groups is 1. The van der Waals surface area contributed by atoms with Gasteiger partial charge in [-0.3, -0.25) is 9.20 Å². The fourth-order valence-corrected chi connectivity index (χ4v) is 3.21. The molecule has 2 aromatic rings. The zero-order valence-electron chi connectivity index (χ0n) is 15.0. The van der Waals surface area contributed by atoms with E-state index in [-0.39, 0.29) is 36.3 Å². The van der Waals surface area contributed by atoms with Gasteiger partial charge in [0.05, 0.1) is 10.8 Å². The van der Waals surface area contributed by atoms with Gasteiger partial charge in [0.1, 0.15) is 5.75 Å². The van der Waals surface area contributed by atoms with E-state index in [2.05, 4.69) is 20.4 Å². The van der Waals surface area contributed by atoms with Crippen molar-refractivity contribution < 1.29 is 22.1 Å². The summed E-state index contributed by atoms with van der Waals surface area (Å²) in [6.45, 7) is 0.482. The summed E-state index contributed by atoms with van der Waals surface area (Å²) in [6, 6.07) is 15.0. The fraction of sp³-hybridized carbons (Fsp3) is 0.278. The second-order valence-electron chi connectivity index (χ2n) is 5.37. The molecular weight excluding hydrogens is 506 g/mol. The Hall–Kier alpha value is -1.82. The molecule has 0 aliphatic carbocycles. The van der Waals surface area contributed by atoms with Crippen LogP contribution in [0.2, 0.25) is 0 Å². The lowest BCUT2D eigenvalue weighted by atomic mass is 10.2. The number of ether oxygens (including phenoxy) is 1. The third-order valence-electron chi connectivity index (χ3n) is 3.45. The van der Waals surface area contributed by atoms with Crippen LogP contribution in [0.4, 0.5) is 13.2 Å². The van der Waals surface area contributed by atoms with E-state index in [0.29, 0.717) is 23.8 Å². The number of rotatable bonds is 7. The first kappa shape index (κ1) is 24.2. The van der Waals surface area contributed by atoms with Gasteiger partial charge in [0.25, 0.3) is 0 Å². The molecule has 1 unspecified atom stereocenters. The molecule has 154 valence electrons. The van der Waals surface area contributed by atoms with Gasteiger partial charge in [0.15, 0.2) is 5.96 Å². The van der Waals surface area contributed by atoms with E-state index in [1.807, 2.05) is 18.2 Å². The maximum Gasteiger partial charge on any atom is 0.573 e. The lowest BCUT2D eigenvalue weighted by Crippen LogP contribution is -2.38. The maximum atomic E-state index is 12.5. The van der Waals surface area contributed by atoms with Gasteiger partial charge in [-0.1, -0.05) is 36.4 Å². The van der Waals surface area contributed by atoms with Crippen LogP contribution in [0, 0.1) is 0 Å². The number of para-hydroxylation sites is 1. The minimum Gasteiger partial charge on any atom is -0.405 e. The molecule has 5 nitrogen and oxygen atoms in total. The Labute approximate surface area is 181 Å². The molecular formula is C18H21F3IN3O2S. The summed E-state index contributed by atoms with van der Waals surface area (Å²) in [5.41, 5.74) is 0.339. The van der Waals surface area contributed by atoms with Crippen LogP contribution in [0.15, 0.2) is 64.5 Å². The van der Waals surface area contributed by atoms with Crippen LogP contribution < -0.4 is 15.4 Å². The highest BCUT2D eigenvalue weighted by Gasteiger charge is 2.31. The largest absolute Gasteiger partial charge is 0.573 e. The summed E-state index contributed by atoms with van der Waals surface area (Å²) in [6.07, 6.45) is -4.75. The van der Waals surface area contributed by atoms with Crippen LogP contribution in [-0.4, -0.2) is 35.9 Å². The van der Waals surface area contributed by atoms with Crippen LogP contribution in [0.25, 0.3) is 0 Å². The average Bonchev–Trinajstić information content (AvgIpc) is 2.65. The molecule has 0 saturated carbocycles. The number of nitrogens with one attached hydrogen (secondary N) is 2. The van der Waals surface area contributed by atoms with Crippen LogP contribution in [0.5, 0.6) is 5.75 Å². The van der Waals surface area contributed by atoms with Crippen molar-refractivity contribution in [2.45, 2.75) is 17.8 Å². The zero-order chi connectivity index (χ0) is 19.7. The normalized spacial score (nSPS) is 12.6. The van der Waals surface area contributed by atoms with Gasteiger partial charge in [-0.05, 0) is 18.2 Å². The molecule has 10 heteroatoms. The summed E-state index contributed by atoms with van der Waals surface area (Å²) < 4.78 is 53.6. The first-order valence-electron chi connectivity index (χ1n) is 8.10. The van der Waals surface area contributed by atoms with Crippen molar-refractivity contribution in [3.8, 4) is 5.75 Å². The molecule has 0 amide bonds. The van der Waals surface area contributed by atoms with Gasteiger partial charge in [-0.25, -0.2) is 0 Å². The second-order valence-corrected chi connectivity index (χ2v) is 6.94. The lowest BCUT2D eigenvalue weighted by molar-refractivity contribution is -0.274. The third-order valence-corrected chi connectivity index (χ3v) is 4.83. The van der Waals surface area contributed by atoms with Crippen molar-refractivity contribution >= 4 is 40.7 Å². The molecule has 0 aromatic heterocycles. The topological polar surface area (TPSA) is 62.7 Å². The summed E-state index contributed by atoms with van der Waals surface area (Å²) in [7, 11) is 0.396. The van der Waals surface area contributed by atoms with E-state index in [0.717, 1.165) is 4.90 Å². The summed E-state index contributed by atoms with van der Waals surface area (Å²) >= 11 is 0. The standard InChI is InChI=1S/C18H20F3N3O2S.HI/c1-22-17(23-11-12-27(25)15-8-3-2-4-9-15)24-13-14-7-5-6-10-16(14)26-18(19,20)21;/h2-10H,11-13H2,1H3,(H2,22,23,24);1H. The molecule has 0 saturated heterocycles. The monoisotopic (exact) mass is 527 g/mol. The number of halogens is 4. The maximum absolute atomic E-state index is 12.5. The van der Waals surface area contributed by atoms with Crippen molar-refractivity contribution in [2.75, 3.05) is 19.3 Å². The highest BCUT2D eigenvalue weighted by molar-refractivity contribution is 14.0. The first-order chi connectivity index (χ1) is 12.9. The predicted octanol–water partition coefficient (Wildman–Crippen LogP) is 3.68. The summed E-state index contributed by atoms with van der Waals surface area (Å²) in [5.74, 6) is 0.499. The lowest BCUT2D eigenvalue weighted by Gasteiger charge is -2.15. The Morgan fingerprint density at radius 3 is 2.36 bits per heavy atom. The van der Waals surface area contributed by atoms with Crippen LogP contribution in [0.1, 0.15) is 5.56 Å². The van der Waals surface area contributed by atoms with Crippen LogP contribution in [0.3, 0.4) is 0 Å². The van der Waals surface area contributed by atoms with Gasteiger partial charge in [0.2, 0.25) is 0 Å². The van der Waals surface area contributed by atoms with Crippen molar-refractivity contribution in [3.63, 3.8) is 0 Å². The molecule has 2 N–H and O–H groups in total. The molecule has 2 rings (SSSR count). The molecule has 2 aromatic carbocycles. The number of hydrogen-bond donors (Lipinski definition) is 2. The van der Waals surface area contributed by atoms with Crippen molar-refractivity contribution in [1.29, 1.82) is 0 Å². The SMILES string of the molecule is CN=C(NCCS(=O)c1ccccc1)NCc1ccccc1OC(F)(F)F.I. The number of hydrogen-bond acceptors (Lipinski definition) is 3. The molecule has 0 radical (unpaired) electrons.